The molecule has 0 unspecified atom stereocenters. The summed E-state index contributed by atoms with van der Waals surface area (Å²) in [7, 11) is 0. The first kappa shape index (κ1) is 16.5. The van der Waals surface area contributed by atoms with Crippen LogP contribution in [-0.4, -0.2) is 19.8 Å². The number of thiazole rings is 1. The molecule has 5 nitrogen and oxygen atoms in total. The largest absolute Gasteiger partial charge is 0.332 e. The third-order valence-electron chi connectivity index (χ3n) is 3.81. The van der Waals surface area contributed by atoms with E-state index in [9.17, 15) is 4.79 Å². The Morgan fingerprint density at radius 2 is 2.00 bits per heavy atom. The van der Waals surface area contributed by atoms with Gasteiger partial charge in [0.2, 0.25) is 0 Å². The number of aromatic nitrogens is 3. The summed E-state index contributed by atoms with van der Waals surface area (Å²) in [5.41, 5.74) is 4.18. The second kappa shape index (κ2) is 7.11. The molecule has 2 aromatic carbocycles. The molecule has 128 valence electrons. The van der Waals surface area contributed by atoms with Gasteiger partial charge in [0, 0.05) is 40.3 Å². The smallest absolute Gasteiger partial charge is 0.252 e. The zero-order valence-electron chi connectivity index (χ0n) is 13.5. The summed E-state index contributed by atoms with van der Waals surface area (Å²) in [4.78, 5) is 19.9. The maximum atomic E-state index is 11.3. The fourth-order valence-corrected chi connectivity index (χ4v) is 3.38. The van der Waals surface area contributed by atoms with E-state index in [1.54, 1.807) is 30.7 Å². The molecule has 0 bridgehead atoms. The molecule has 2 aromatic heterocycles. The van der Waals surface area contributed by atoms with Crippen LogP contribution in [0.25, 0.3) is 16.9 Å². The molecule has 1 N–H and O–H groups in total. The van der Waals surface area contributed by atoms with E-state index in [4.69, 9.17) is 11.6 Å². The molecule has 4 aromatic rings. The van der Waals surface area contributed by atoms with Crippen LogP contribution in [0.3, 0.4) is 0 Å². The van der Waals surface area contributed by atoms with Gasteiger partial charge in [-0.25, -0.2) is 9.97 Å². The fraction of sp³-hybridized carbons (Fsp3) is 0. The third kappa shape index (κ3) is 3.51. The monoisotopic (exact) mass is 380 g/mol. The van der Waals surface area contributed by atoms with Gasteiger partial charge >= 0.3 is 0 Å². The van der Waals surface area contributed by atoms with Gasteiger partial charge in [0.15, 0.2) is 5.13 Å². The predicted octanol–water partition coefficient (Wildman–Crippen LogP) is 5.12. The summed E-state index contributed by atoms with van der Waals surface area (Å²) in [6, 6.07) is 15.1. The Kier molecular flexibility index (Phi) is 4.51. The van der Waals surface area contributed by atoms with Crippen molar-refractivity contribution in [1.29, 1.82) is 0 Å². The molecule has 2 heterocycles. The summed E-state index contributed by atoms with van der Waals surface area (Å²) in [6.07, 6.45) is 5.41. The van der Waals surface area contributed by atoms with Crippen molar-refractivity contribution in [3.8, 4) is 16.9 Å². The van der Waals surface area contributed by atoms with Crippen LogP contribution < -0.4 is 5.32 Å². The molecule has 0 atom stereocenters. The van der Waals surface area contributed by atoms with E-state index in [1.165, 1.54) is 11.3 Å². The highest BCUT2D eigenvalue weighted by Gasteiger charge is 2.07. The lowest BCUT2D eigenvalue weighted by Crippen LogP contribution is -1.93. The van der Waals surface area contributed by atoms with E-state index in [2.05, 4.69) is 15.3 Å². The SMILES string of the molecule is O=C(Cl)c1cccc(Nc2nc(-c3ccc(-n4ccnc4)cc3)cs2)c1. The Balaban J connectivity index is 1.53. The van der Waals surface area contributed by atoms with Crippen molar-refractivity contribution in [2.75, 3.05) is 5.32 Å². The first-order valence-electron chi connectivity index (χ1n) is 7.80. The van der Waals surface area contributed by atoms with Gasteiger partial charge in [-0.05, 0) is 41.9 Å². The van der Waals surface area contributed by atoms with Crippen molar-refractivity contribution in [3.05, 3.63) is 78.2 Å². The maximum absolute atomic E-state index is 11.3. The van der Waals surface area contributed by atoms with E-state index < -0.39 is 5.24 Å². The van der Waals surface area contributed by atoms with Gasteiger partial charge in [0.25, 0.3) is 5.24 Å². The fourth-order valence-electron chi connectivity index (χ4n) is 2.52. The Morgan fingerprint density at radius 1 is 1.15 bits per heavy atom. The average Bonchev–Trinajstić information content (AvgIpc) is 3.34. The lowest BCUT2D eigenvalue weighted by atomic mass is 10.1. The summed E-state index contributed by atoms with van der Waals surface area (Å²) >= 11 is 7.03. The minimum absolute atomic E-state index is 0.448. The topological polar surface area (TPSA) is 59.8 Å². The van der Waals surface area contributed by atoms with E-state index in [1.807, 2.05) is 46.5 Å². The van der Waals surface area contributed by atoms with Crippen LogP contribution in [0.4, 0.5) is 10.8 Å². The van der Waals surface area contributed by atoms with Crippen molar-refractivity contribution in [2.45, 2.75) is 0 Å². The van der Waals surface area contributed by atoms with Gasteiger partial charge in [-0.2, -0.15) is 0 Å². The number of anilines is 2. The first-order valence-corrected chi connectivity index (χ1v) is 9.06. The van der Waals surface area contributed by atoms with Crippen LogP contribution >= 0.6 is 22.9 Å². The highest BCUT2D eigenvalue weighted by molar-refractivity contribution is 7.14. The molecular weight excluding hydrogens is 368 g/mol. The van der Waals surface area contributed by atoms with E-state index >= 15 is 0 Å². The van der Waals surface area contributed by atoms with E-state index in [-0.39, 0.29) is 0 Å². The standard InChI is InChI=1S/C19H13ClN4OS/c20-18(25)14-2-1-3-15(10-14)22-19-23-17(11-26-19)13-4-6-16(7-5-13)24-9-8-21-12-24/h1-12H,(H,22,23). The number of hydrogen-bond donors (Lipinski definition) is 1. The number of carbonyl (C=O) groups excluding carboxylic acids is 1. The van der Waals surface area contributed by atoms with Crippen LogP contribution in [0.1, 0.15) is 10.4 Å². The average molecular weight is 381 g/mol. The molecule has 4 rings (SSSR count). The van der Waals surface area contributed by atoms with Gasteiger partial charge in [-0.15, -0.1) is 11.3 Å². The van der Waals surface area contributed by atoms with Gasteiger partial charge in [0.1, 0.15) is 0 Å². The molecule has 0 fully saturated rings. The molecule has 0 radical (unpaired) electrons. The summed E-state index contributed by atoms with van der Waals surface area (Å²) in [5.74, 6) is 0. The number of benzene rings is 2. The number of nitrogens with zero attached hydrogens (tertiary/aromatic N) is 3. The van der Waals surface area contributed by atoms with Gasteiger partial charge in [-0.1, -0.05) is 18.2 Å². The van der Waals surface area contributed by atoms with Crippen molar-refractivity contribution in [3.63, 3.8) is 0 Å². The Labute approximate surface area is 158 Å². The molecule has 0 saturated carbocycles. The lowest BCUT2D eigenvalue weighted by Gasteiger charge is -2.04. The predicted molar refractivity (Wildman–Crippen MR) is 105 cm³/mol. The molecular formula is C19H13ClN4OS. The normalized spacial score (nSPS) is 10.7. The van der Waals surface area contributed by atoms with Gasteiger partial charge in [-0.3, -0.25) is 4.79 Å². The van der Waals surface area contributed by atoms with Crippen molar-refractivity contribution >= 4 is 39.0 Å². The number of halogens is 1. The summed E-state index contributed by atoms with van der Waals surface area (Å²) < 4.78 is 1.95. The first-order chi connectivity index (χ1) is 12.7. The Morgan fingerprint density at radius 3 is 2.73 bits per heavy atom. The number of nitrogens with one attached hydrogen (secondary N) is 1. The number of carbonyl (C=O) groups is 1. The molecule has 0 spiro atoms. The van der Waals surface area contributed by atoms with Crippen LogP contribution in [0.15, 0.2) is 72.6 Å². The zero-order valence-corrected chi connectivity index (χ0v) is 15.0. The highest BCUT2D eigenvalue weighted by atomic mass is 35.5. The maximum Gasteiger partial charge on any atom is 0.252 e. The van der Waals surface area contributed by atoms with Gasteiger partial charge < -0.3 is 9.88 Å². The van der Waals surface area contributed by atoms with E-state index in [0.29, 0.717) is 5.56 Å². The minimum Gasteiger partial charge on any atom is -0.332 e. The third-order valence-corrected chi connectivity index (χ3v) is 4.79. The van der Waals surface area contributed by atoms with E-state index in [0.717, 1.165) is 27.8 Å². The Hall–Kier alpha value is -2.96. The van der Waals surface area contributed by atoms with Crippen LogP contribution in [-0.2, 0) is 0 Å². The second-order valence-electron chi connectivity index (χ2n) is 5.53. The molecule has 7 heteroatoms. The highest BCUT2D eigenvalue weighted by Crippen LogP contribution is 2.28. The molecule has 26 heavy (non-hydrogen) atoms. The van der Waals surface area contributed by atoms with Crippen molar-refractivity contribution < 1.29 is 4.79 Å². The molecule has 0 aliphatic carbocycles. The van der Waals surface area contributed by atoms with Crippen molar-refractivity contribution in [1.82, 2.24) is 14.5 Å². The van der Waals surface area contributed by atoms with Crippen molar-refractivity contribution in [2.24, 2.45) is 0 Å². The number of hydrogen-bond acceptors (Lipinski definition) is 5. The molecule has 0 aliphatic rings. The lowest BCUT2D eigenvalue weighted by molar-refractivity contribution is 0.108. The zero-order chi connectivity index (χ0) is 17.9. The molecule has 0 saturated heterocycles. The minimum atomic E-state index is -0.480. The quantitative estimate of drug-likeness (QED) is 0.488. The molecule has 0 aliphatic heterocycles. The van der Waals surface area contributed by atoms with Crippen LogP contribution in [0, 0.1) is 0 Å². The van der Waals surface area contributed by atoms with Gasteiger partial charge in [0.05, 0.1) is 12.0 Å². The Bertz CT molecular complexity index is 1040. The second-order valence-corrected chi connectivity index (χ2v) is 6.74. The summed E-state index contributed by atoms with van der Waals surface area (Å²) in [5, 5.41) is 5.47. The van der Waals surface area contributed by atoms with Crippen LogP contribution in [0.5, 0.6) is 0 Å². The number of imidazole rings is 1. The summed E-state index contributed by atoms with van der Waals surface area (Å²) in [6.45, 7) is 0. The number of rotatable bonds is 5. The molecule has 0 amide bonds. The van der Waals surface area contributed by atoms with Crippen LogP contribution in [0.2, 0.25) is 0 Å².